The molecule has 186 valence electrons. The number of hydrogen-bond acceptors (Lipinski definition) is 6. The van der Waals surface area contributed by atoms with Crippen LogP contribution in [0.4, 0.5) is 10.1 Å². The Hall–Kier alpha value is -4.08. The highest BCUT2D eigenvalue weighted by Crippen LogP contribution is 2.38. The van der Waals surface area contributed by atoms with E-state index >= 15 is 0 Å². The second-order valence-electron chi connectivity index (χ2n) is 7.63. The number of nitrogens with zero attached hydrogens (tertiary/aromatic N) is 3. The summed E-state index contributed by atoms with van der Waals surface area (Å²) in [5, 5.41) is 10.4. The molecule has 0 atom stereocenters. The predicted molar refractivity (Wildman–Crippen MR) is 132 cm³/mol. The van der Waals surface area contributed by atoms with Crippen LogP contribution < -0.4 is 24.8 Å². The number of ether oxygens (including phenoxy) is 3. The van der Waals surface area contributed by atoms with Gasteiger partial charge in [-0.3, -0.25) is 14.8 Å². The molecule has 2 aromatic carbocycles. The second-order valence-corrected chi connectivity index (χ2v) is 7.63. The fourth-order valence-electron chi connectivity index (χ4n) is 3.60. The third-order valence-corrected chi connectivity index (χ3v) is 5.49. The summed E-state index contributed by atoms with van der Waals surface area (Å²) in [5.41, 5.74) is 3.68. The lowest BCUT2D eigenvalue weighted by atomic mass is 10.1. The van der Waals surface area contributed by atoms with Crippen molar-refractivity contribution in [1.82, 2.24) is 15.1 Å². The first-order valence-corrected chi connectivity index (χ1v) is 11.0. The summed E-state index contributed by atoms with van der Waals surface area (Å²) in [6.07, 6.45) is 0. The quantitative estimate of drug-likeness (QED) is 0.370. The van der Waals surface area contributed by atoms with Gasteiger partial charge in [-0.25, -0.2) is 9.38 Å². The molecule has 0 aliphatic heterocycles. The van der Waals surface area contributed by atoms with E-state index < -0.39 is 5.91 Å². The average Bonchev–Trinajstić information content (AvgIpc) is 3.14. The number of anilines is 1. The van der Waals surface area contributed by atoms with Crippen LogP contribution in [-0.2, 0) is 13.1 Å². The largest absolute Gasteiger partial charge is 0.493 e. The molecule has 0 aliphatic carbocycles. The first-order chi connectivity index (χ1) is 16.8. The van der Waals surface area contributed by atoms with Crippen molar-refractivity contribution < 1.29 is 23.4 Å². The molecule has 0 aliphatic rings. The third-order valence-electron chi connectivity index (χ3n) is 5.49. The molecular weight excluding hydrogens is 453 g/mol. The Morgan fingerprint density at radius 1 is 1.06 bits per heavy atom. The molecule has 0 saturated heterocycles. The molecule has 0 saturated carbocycles. The second kappa shape index (κ2) is 11.4. The molecule has 0 fully saturated rings. The zero-order valence-corrected chi connectivity index (χ0v) is 20.7. The number of carbonyl (C=O) groups is 1. The molecule has 3 aromatic rings. The van der Waals surface area contributed by atoms with E-state index in [0.717, 1.165) is 23.5 Å². The Bertz CT molecular complexity index is 1200. The van der Waals surface area contributed by atoms with Gasteiger partial charge in [-0.05, 0) is 57.2 Å². The maximum absolute atomic E-state index is 13.4. The summed E-state index contributed by atoms with van der Waals surface area (Å²) in [6.45, 7) is 6.96. The fraction of sp³-hybridized carbons (Fsp3) is 0.320. The van der Waals surface area contributed by atoms with Crippen LogP contribution in [0.15, 0.2) is 41.4 Å². The number of aliphatic imine (C=N–C) groups is 1. The SMILES string of the molecule is CCn1nc(C)c(CN=C(NC(=O)c2cc(OC)c(OC)c(OC)c2)Nc2ccc(F)cc2)c1C. The highest BCUT2D eigenvalue weighted by Gasteiger charge is 2.18. The zero-order valence-electron chi connectivity index (χ0n) is 20.7. The van der Waals surface area contributed by atoms with Gasteiger partial charge in [0, 0.05) is 29.1 Å². The number of hydrogen-bond donors (Lipinski definition) is 2. The predicted octanol–water partition coefficient (Wildman–Crippen LogP) is 4.08. The van der Waals surface area contributed by atoms with E-state index in [0.29, 0.717) is 22.9 Å². The smallest absolute Gasteiger partial charge is 0.258 e. The lowest BCUT2D eigenvalue weighted by Crippen LogP contribution is -2.36. The van der Waals surface area contributed by atoms with Crippen LogP contribution in [0.5, 0.6) is 17.2 Å². The van der Waals surface area contributed by atoms with E-state index in [-0.39, 0.29) is 23.9 Å². The van der Waals surface area contributed by atoms with Crippen molar-refractivity contribution in [2.45, 2.75) is 33.9 Å². The number of nitrogens with one attached hydrogen (secondary N) is 2. The van der Waals surface area contributed by atoms with E-state index in [1.807, 2.05) is 25.5 Å². The van der Waals surface area contributed by atoms with E-state index in [1.165, 1.54) is 33.5 Å². The van der Waals surface area contributed by atoms with Gasteiger partial charge in [0.15, 0.2) is 11.5 Å². The summed E-state index contributed by atoms with van der Waals surface area (Å²) < 4.78 is 31.3. The van der Waals surface area contributed by atoms with Crippen LogP contribution in [-0.4, -0.2) is 43.0 Å². The number of aromatic nitrogens is 2. The Morgan fingerprint density at radius 3 is 2.20 bits per heavy atom. The highest BCUT2D eigenvalue weighted by atomic mass is 19.1. The minimum atomic E-state index is -0.449. The minimum Gasteiger partial charge on any atom is -0.493 e. The number of guanidine groups is 1. The van der Waals surface area contributed by atoms with Gasteiger partial charge in [0.05, 0.1) is 33.6 Å². The summed E-state index contributed by atoms with van der Waals surface area (Å²) in [6, 6.07) is 8.85. The van der Waals surface area contributed by atoms with Crippen LogP contribution in [0.2, 0.25) is 0 Å². The van der Waals surface area contributed by atoms with Crippen molar-refractivity contribution in [3.05, 3.63) is 64.7 Å². The maximum atomic E-state index is 13.4. The van der Waals surface area contributed by atoms with Gasteiger partial charge in [0.1, 0.15) is 5.82 Å². The van der Waals surface area contributed by atoms with E-state index in [1.54, 1.807) is 24.3 Å². The van der Waals surface area contributed by atoms with Gasteiger partial charge in [-0.2, -0.15) is 5.10 Å². The van der Waals surface area contributed by atoms with E-state index in [4.69, 9.17) is 14.2 Å². The third kappa shape index (κ3) is 5.89. The molecule has 0 bridgehead atoms. The van der Waals surface area contributed by atoms with Crippen molar-refractivity contribution in [2.75, 3.05) is 26.6 Å². The first-order valence-electron chi connectivity index (χ1n) is 11.0. The lowest BCUT2D eigenvalue weighted by molar-refractivity contribution is 0.0976. The number of benzene rings is 2. The molecule has 1 amide bonds. The first kappa shape index (κ1) is 25.5. The van der Waals surface area contributed by atoms with Gasteiger partial charge < -0.3 is 19.5 Å². The molecule has 0 radical (unpaired) electrons. The van der Waals surface area contributed by atoms with Crippen LogP contribution in [0.3, 0.4) is 0 Å². The van der Waals surface area contributed by atoms with Gasteiger partial charge in [-0.1, -0.05) is 0 Å². The summed E-state index contributed by atoms with van der Waals surface area (Å²) >= 11 is 0. The zero-order chi connectivity index (χ0) is 25.5. The number of halogens is 1. The summed E-state index contributed by atoms with van der Waals surface area (Å²) in [5.74, 6) is 0.451. The number of methoxy groups -OCH3 is 3. The Labute approximate surface area is 203 Å². The molecule has 10 heteroatoms. The molecule has 0 spiro atoms. The summed E-state index contributed by atoms with van der Waals surface area (Å²) in [4.78, 5) is 17.8. The fourth-order valence-corrected chi connectivity index (χ4v) is 3.60. The van der Waals surface area contributed by atoms with Crippen molar-refractivity contribution in [1.29, 1.82) is 0 Å². The van der Waals surface area contributed by atoms with Gasteiger partial charge in [0.25, 0.3) is 5.91 Å². The van der Waals surface area contributed by atoms with Crippen molar-refractivity contribution in [2.24, 2.45) is 4.99 Å². The van der Waals surface area contributed by atoms with Crippen LogP contribution in [0.1, 0.15) is 34.2 Å². The molecule has 3 rings (SSSR count). The number of aryl methyl sites for hydroxylation is 2. The maximum Gasteiger partial charge on any atom is 0.258 e. The van der Waals surface area contributed by atoms with Crippen molar-refractivity contribution >= 4 is 17.6 Å². The van der Waals surface area contributed by atoms with E-state index in [9.17, 15) is 9.18 Å². The highest BCUT2D eigenvalue weighted by molar-refractivity contribution is 6.10. The Morgan fingerprint density at radius 2 is 1.69 bits per heavy atom. The normalized spacial score (nSPS) is 11.2. The molecular formula is C25H30FN5O4. The molecule has 35 heavy (non-hydrogen) atoms. The number of amides is 1. The molecule has 0 unspecified atom stereocenters. The van der Waals surface area contributed by atoms with E-state index in [2.05, 4.69) is 20.7 Å². The van der Waals surface area contributed by atoms with Gasteiger partial charge in [-0.15, -0.1) is 0 Å². The van der Waals surface area contributed by atoms with Gasteiger partial charge >= 0.3 is 0 Å². The molecule has 2 N–H and O–H groups in total. The Kier molecular flexibility index (Phi) is 8.30. The number of carbonyl (C=O) groups excluding carboxylic acids is 1. The molecule has 9 nitrogen and oxygen atoms in total. The standard InChI is InChI=1S/C25H30FN5O4/c1-7-31-16(3)20(15(2)30-31)14-27-25(28-19-10-8-18(26)9-11-19)29-24(32)17-12-21(33-4)23(35-6)22(13-17)34-5/h8-13H,7,14H2,1-6H3,(H2,27,28,29,32). The van der Waals surface area contributed by atoms with Crippen LogP contribution in [0, 0.1) is 19.7 Å². The van der Waals surface area contributed by atoms with Crippen LogP contribution in [0.25, 0.3) is 0 Å². The lowest BCUT2D eigenvalue weighted by Gasteiger charge is -2.15. The van der Waals surface area contributed by atoms with Crippen LogP contribution >= 0.6 is 0 Å². The average molecular weight is 484 g/mol. The topological polar surface area (TPSA) is 99.0 Å². The van der Waals surface area contributed by atoms with Gasteiger partial charge in [0.2, 0.25) is 11.7 Å². The van der Waals surface area contributed by atoms with Crippen molar-refractivity contribution in [3.63, 3.8) is 0 Å². The Balaban J connectivity index is 1.93. The van der Waals surface area contributed by atoms with Crippen molar-refractivity contribution in [3.8, 4) is 17.2 Å². The monoisotopic (exact) mass is 483 g/mol. The summed E-state index contributed by atoms with van der Waals surface area (Å²) in [7, 11) is 4.44. The molecule has 1 aromatic heterocycles. The minimum absolute atomic E-state index is 0.193. The number of rotatable bonds is 8. The molecule has 1 heterocycles.